The summed E-state index contributed by atoms with van der Waals surface area (Å²) < 4.78 is 12.3. The highest BCUT2D eigenvalue weighted by atomic mass is 35.5. The number of ether oxygens (including phenoxy) is 2. The van der Waals surface area contributed by atoms with Gasteiger partial charge in [-0.2, -0.15) is 0 Å². The molecule has 6 nitrogen and oxygen atoms in total. The normalized spacial score (nSPS) is 19.1. The van der Waals surface area contributed by atoms with Crippen LogP contribution >= 0.6 is 11.6 Å². The van der Waals surface area contributed by atoms with Crippen LogP contribution in [-0.2, 0) is 16.2 Å². The van der Waals surface area contributed by atoms with E-state index in [0.29, 0.717) is 48.2 Å². The fourth-order valence-electron chi connectivity index (χ4n) is 6.57. The molecule has 0 saturated heterocycles. The van der Waals surface area contributed by atoms with Crippen LogP contribution in [0.4, 0.5) is 11.4 Å². The van der Waals surface area contributed by atoms with E-state index in [1.807, 2.05) is 78.6 Å². The molecular weight excluding hydrogens is 596 g/mol. The van der Waals surface area contributed by atoms with Crippen LogP contribution in [0.2, 0.25) is 5.02 Å². The van der Waals surface area contributed by atoms with Crippen LogP contribution in [0.1, 0.15) is 66.8 Å². The number of carbonyl (C=O) groups excluding carboxylic acids is 2. The lowest BCUT2D eigenvalue weighted by molar-refractivity contribution is -0.120. The van der Waals surface area contributed by atoms with Crippen molar-refractivity contribution in [3.63, 3.8) is 0 Å². The van der Waals surface area contributed by atoms with Crippen molar-refractivity contribution in [2.45, 2.75) is 58.1 Å². The number of nitrogens with zero attached hydrogens (tertiary/aromatic N) is 1. The number of hydrogen-bond acceptors (Lipinski definition) is 5. The smallest absolute Gasteiger partial charge is 0.231 e. The molecule has 0 radical (unpaired) electrons. The number of anilines is 2. The van der Waals surface area contributed by atoms with E-state index < -0.39 is 6.04 Å². The zero-order chi connectivity index (χ0) is 31.8. The number of rotatable bonds is 8. The molecule has 234 valence electrons. The average Bonchev–Trinajstić information content (AvgIpc) is 3.92. The lowest BCUT2D eigenvalue weighted by atomic mass is 9.78. The Kier molecular flexibility index (Phi) is 8.31. The van der Waals surface area contributed by atoms with Crippen LogP contribution < -0.4 is 19.7 Å². The van der Waals surface area contributed by atoms with E-state index in [9.17, 15) is 9.59 Å². The Balaban J connectivity index is 1.33. The molecule has 1 heterocycles. The van der Waals surface area contributed by atoms with Crippen molar-refractivity contribution in [1.82, 2.24) is 0 Å². The summed E-state index contributed by atoms with van der Waals surface area (Å²) in [6.45, 7) is 4.78. The topological polar surface area (TPSA) is 67.9 Å². The van der Waals surface area contributed by atoms with Gasteiger partial charge in [-0.1, -0.05) is 71.8 Å². The van der Waals surface area contributed by atoms with Crippen LogP contribution in [0.15, 0.2) is 102 Å². The molecule has 1 fully saturated rings. The number of carbonyl (C=O) groups is 2. The predicted molar refractivity (Wildman–Crippen MR) is 182 cm³/mol. The van der Waals surface area contributed by atoms with Gasteiger partial charge in [0, 0.05) is 28.6 Å². The number of allylic oxidation sites excluding steroid dienone is 1. The number of benzene rings is 4. The van der Waals surface area contributed by atoms with Crippen molar-refractivity contribution in [1.29, 1.82) is 0 Å². The molecule has 4 aromatic rings. The minimum atomic E-state index is -0.616. The van der Waals surface area contributed by atoms with Crippen molar-refractivity contribution in [2.24, 2.45) is 5.92 Å². The van der Waals surface area contributed by atoms with Crippen LogP contribution in [0.25, 0.3) is 0 Å². The third kappa shape index (κ3) is 6.02. The summed E-state index contributed by atoms with van der Waals surface area (Å²) in [4.78, 5) is 30.5. The predicted octanol–water partition coefficient (Wildman–Crippen LogP) is 8.94. The van der Waals surface area contributed by atoms with Gasteiger partial charge in [0.15, 0.2) is 17.3 Å². The Hall–Kier alpha value is -4.55. The molecule has 4 aromatic carbocycles. The number of aryl methyl sites for hydroxylation is 1. The maximum Gasteiger partial charge on any atom is 0.231 e. The Morgan fingerprint density at radius 2 is 1.63 bits per heavy atom. The van der Waals surface area contributed by atoms with Crippen molar-refractivity contribution in [3.05, 3.63) is 130 Å². The number of nitrogens with one attached hydrogen (secondary N) is 1. The standard InChI is InChI=1S/C39H37ClN2O4/c1-3-45-36-22-28(16-19-35(36)46-23-25-10-17-30(40)18-11-25)38-37-32(20-29(21-34(37)43)26-12-8-24(2)9-13-26)41-31-6-4-5-7-33(31)42(38)39(44)27-14-15-27/h4-13,16-19,22,27,29,38,41H,3,14-15,20-21,23H2,1-2H3. The molecule has 46 heavy (non-hydrogen) atoms. The van der Waals surface area contributed by atoms with E-state index in [1.54, 1.807) is 0 Å². The Bertz CT molecular complexity index is 1810. The second-order valence-corrected chi connectivity index (χ2v) is 12.8. The van der Waals surface area contributed by atoms with Crippen LogP contribution in [0.5, 0.6) is 11.5 Å². The Morgan fingerprint density at radius 1 is 0.891 bits per heavy atom. The van der Waals surface area contributed by atoms with Crippen molar-refractivity contribution >= 4 is 34.7 Å². The van der Waals surface area contributed by atoms with Gasteiger partial charge in [-0.05, 0) is 92.1 Å². The molecule has 1 aliphatic heterocycles. The molecule has 2 unspecified atom stereocenters. The zero-order valence-corrected chi connectivity index (χ0v) is 26.8. The molecule has 2 aliphatic carbocycles. The lowest BCUT2D eigenvalue weighted by Gasteiger charge is -2.35. The van der Waals surface area contributed by atoms with E-state index in [-0.39, 0.29) is 23.5 Å². The second-order valence-electron chi connectivity index (χ2n) is 12.4. The average molecular weight is 633 g/mol. The van der Waals surface area contributed by atoms with Gasteiger partial charge in [-0.15, -0.1) is 0 Å². The van der Waals surface area contributed by atoms with E-state index in [4.69, 9.17) is 21.1 Å². The van der Waals surface area contributed by atoms with Gasteiger partial charge in [0.2, 0.25) is 5.91 Å². The maximum absolute atomic E-state index is 14.4. The third-order valence-electron chi connectivity index (χ3n) is 9.09. The maximum atomic E-state index is 14.4. The highest BCUT2D eigenvalue weighted by Crippen LogP contribution is 2.50. The van der Waals surface area contributed by atoms with Gasteiger partial charge < -0.3 is 14.8 Å². The van der Waals surface area contributed by atoms with Crippen LogP contribution in [0, 0.1) is 12.8 Å². The van der Waals surface area contributed by atoms with Crippen LogP contribution in [-0.4, -0.2) is 18.3 Å². The molecular formula is C39H37ClN2O4. The fourth-order valence-corrected chi connectivity index (χ4v) is 6.70. The number of fused-ring (bicyclic) bond motifs is 1. The molecule has 1 N–H and O–H groups in total. The van der Waals surface area contributed by atoms with Gasteiger partial charge in [0.25, 0.3) is 0 Å². The van der Waals surface area contributed by atoms with Crippen molar-refractivity contribution < 1.29 is 19.1 Å². The molecule has 1 saturated carbocycles. The fraction of sp³-hybridized carbons (Fsp3) is 0.282. The summed E-state index contributed by atoms with van der Waals surface area (Å²) in [7, 11) is 0. The summed E-state index contributed by atoms with van der Waals surface area (Å²) >= 11 is 6.07. The first-order chi connectivity index (χ1) is 22.4. The van der Waals surface area contributed by atoms with Gasteiger partial charge in [0.05, 0.1) is 24.0 Å². The quantitative estimate of drug-likeness (QED) is 0.210. The summed E-state index contributed by atoms with van der Waals surface area (Å²) in [5.74, 6) is 1.25. The molecule has 1 amide bonds. The van der Waals surface area contributed by atoms with E-state index in [0.717, 1.165) is 46.6 Å². The molecule has 3 aliphatic rings. The summed E-state index contributed by atoms with van der Waals surface area (Å²) in [6, 6.07) is 29.1. The van der Waals surface area contributed by atoms with Crippen LogP contribution in [0.3, 0.4) is 0 Å². The summed E-state index contributed by atoms with van der Waals surface area (Å²) in [5.41, 5.74) is 7.24. The lowest BCUT2D eigenvalue weighted by Crippen LogP contribution is -2.39. The van der Waals surface area contributed by atoms with Gasteiger partial charge in [-0.3, -0.25) is 14.5 Å². The van der Waals surface area contributed by atoms with Gasteiger partial charge >= 0.3 is 0 Å². The second kappa shape index (κ2) is 12.7. The molecule has 0 spiro atoms. The zero-order valence-electron chi connectivity index (χ0n) is 26.1. The first kappa shape index (κ1) is 30.1. The monoisotopic (exact) mass is 632 g/mol. The molecule has 7 rings (SSSR count). The highest BCUT2D eigenvalue weighted by molar-refractivity contribution is 6.30. The first-order valence-corrected chi connectivity index (χ1v) is 16.4. The molecule has 0 bridgehead atoms. The largest absolute Gasteiger partial charge is 0.490 e. The number of amides is 1. The van der Waals surface area contributed by atoms with Crippen molar-refractivity contribution in [3.8, 4) is 11.5 Å². The Labute approximate surface area is 275 Å². The van der Waals surface area contributed by atoms with Gasteiger partial charge in [-0.25, -0.2) is 0 Å². The van der Waals surface area contributed by atoms with Crippen molar-refractivity contribution in [2.75, 3.05) is 16.8 Å². The SMILES string of the molecule is CCOc1cc(C2C3=C(CC(c4ccc(C)cc4)CC3=O)Nc3ccccc3N2C(=O)C2CC2)ccc1OCc1ccc(Cl)cc1. The molecule has 7 heteroatoms. The third-order valence-corrected chi connectivity index (χ3v) is 9.34. The highest BCUT2D eigenvalue weighted by Gasteiger charge is 2.45. The summed E-state index contributed by atoms with van der Waals surface area (Å²) in [5, 5.41) is 4.31. The minimum absolute atomic E-state index is 0.0421. The number of para-hydroxylation sites is 2. The van der Waals surface area contributed by atoms with E-state index >= 15 is 0 Å². The Morgan fingerprint density at radius 3 is 2.37 bits per heavy atom. The number of Topliss-reactive ketones (excluding diaryl/α,β-unsaturated/α-hetero) is 1. The molecule has 0 aromatic heterocycles. The minimum Gasteiger partial charge on any atom is -0.490 e. The molecule has 2 atom stereocenters. The van der Waals surface area contributed by atoms with Gasteiger partial charge in [0.1, 0.15) is 6.61 Å². The first-order valence-electron chi connectivity index (χ1n) is 16.1. The van der Waals surface area contributed by atoms with E-state index in [1.165, 1.54) is 5.56 Å². The number of halogens is 1. The van der Waals surface area contributed by atoms with E-state index in [2.05, 4.69) is 36.5 Å². The number of ketones is 1. The number of hydrogen-bond donors (Lipinski definition) is 1. The summed E-state index contributed by atoms with van der Waals surface area (Å²) in [6.07, 6.45) is 2.76.